The van der Waals surface area contributed by atoms with Crippen molar-refractivity contribution in [2.75, 3.05) is 0 Å². The van der Waals surface area contributed by atoms with Gasteiger partial charge in [-0.15, -0.1) is 0 Å². The van der Waals surface area contributed by atoms with E-state index < -0.39 is 0 Å². The quantitative estimate of drug-likeness (QED) is 0.442. The number of fused-ring (bicyclic) bond motifs is 5. The maximum absolute atomic E-state index is 13.3. The van der Waals surface area contributed by atoms with Crippen LogP contribution in [0, 0.1) is 34.5 Å². The lowest BCUT2D eigenvalue weighted by atomic mass is 9.47. The van der Waals surface area contributed by atoms with Crippen molar-refractivity contribution in [1.29, 1.82) is 0 Å². The van der Waals surface area contributed by atoms with Crippen molar-refractivity contribution in [3.8, 4) is 0 Å². The molecule has 0 bridgehead atoms. The minimum absolute atomic E-state index is 0.184. The minimum Gasteiger partial charge on any atom is -0.411 e. The largest absolute Gasteiger partial charge is 0.411 e. The molecule has 0 spiro atoms. The van der Waals surface area contributed by atoms with Gasteiger partial charge >= 0.3 is 0 Å². The van der Waals surface area contributed by atoms with Gasteiger partial charge in [0.15, 0.2) is 0 Å². The topological polar surface area (TPSA) is 61.7 Å². The number of oxime groups is 1. The molecule has 4 saturated carbocycles. The molecule has 0 aromatic heterocycles. The molecule has 0 unspecified atom stereocenters. The third-order valence-electron chi connectivity index (χ3n) is 10.4. The highest BCUT2D eigenvalue weighted by Gasteiger charge is 2.60. The first-order chi connectivity index (χ1) is 14.5. The zero-order valence-electron chi connectivity index (χ0n) is 19.0. The van der Waals surface area contributed by atoms with Crippen LogP contribution in [0.2, 0.25) is 0 Å². The van der Waals surface area contributed by atoms with Crippen molar-refractivity contribution in [3.63, 3.8) is 0 Å². The van der Waals surface area contributed by atoms with Crippen LogP contribution in [-0.4, -0.2) is 22.9 Å². The van der Waals surface area contributed by atoms with Crippen molar-refractivity contribution in [2.45, 2.75) is 103 Å². The number of carbonyl (C=O) groups is 1. The van der Waals surface area contributed by atoms with Crippen molar-refractivity contribution >= 4 is 11.6 Å². The molecule has 4 fully saturated rings. The Bertz CT molecular complexity index is 752. The SMILES string of the molecule is C[C@]12CC[C@H]3[C@@H](CCC4=CC(=NO)CC[C@@]43C)[C@@H]1CC[C@@H]2C(=O)NC1CCCCC1. The zero-order valence-corrected chi connectivity index (χ0v) is 19.0. The second kappa shape index (κ2) is 7.67. The Labute approximate surface area is 181 Å². The predicted molar refractivity (Wildman–Crippen MR) is 119 cm³/mol. The highest BCUT2D eigenvalue weighted by atomic mass is 16.4. The molecule has 5 rings (SSSR count). The highest BCUT2D eigenvalue weighted by molar-refractivity contribution is 5.96. The number of hydrogen-bond donors (Lipinski definition) is 2. The average molecular weight is 413 g/mol. The van der Waals surface area contributed by atoms with Crippen LogP contribution >= 0.6 is 0 Å². The number of amides is 1. The fourth-order valence-corrected chi connectivity index (χ4v) is 8.63. The third kappa shape index (κ3) is 3.15. The van der Waals surface area contributed by atoms with Gasteiger partial charge in [0.2, 0.25) is 5.91 Å². The fourth-order valence-electron chi connectivity index (χ4n) is 8.63. The molecular weight excluding hydrogens is 372 g/mol. The predicted octanol–water partition coefficient (Wildman–Crippen LogP) is 5.84. The van der Waals surface area contributed by atoms with Crippen LogP contribution < -0.4 is 5.32 Å². The van der Waals surface area contributed by atoms with Gasteiger partial charge in [-0.1, -0.05) is 43.8 Å². The average Bonchev–Trinajstić information content (AvgIpc) is 3.11. The molecule has 2 N–H and O–H groups in total. The Morgan fingerprint density at radius 3 is 2.57 bits per heavy atom. The van der Waals surface area contributed by atoms with Crippen LogP contribution in [0.15, 0.2) is 16.8 Å². The second-order valence-corrected chi connectivity index (χ2v) is 11.6. The molecule has 6 atom stereocenters. The minimum atomic E-state index is 0.184. The van der Waals surface area contributed by atoms with E-state index in [2.05, 4.69) is 30.4 Å². The summed E-state index contributed by atoms with van der Waals surface area (Å²) in [5, 5.41) is 16.2. The van der Waals surface area contributed by atoms with Crippen molar-refractivity contribution < 1.29 is 10.0 Å². The molecule has 0 aliphatic heterocycles. The van der Waals surface area contributed by atoms with E-state index in [0.29, 0.717) is 17.9 Å². The maximum atomic E-state index is 13.3. The summed E-state index contributed by atoms with van der Waals surface area (Å²) in [6, 6.07) is 0.427. The van der Waals surface area contributed by atoms with E-state index in [0.717, 1.165) is 43.2 Å². The first kappa shape index (κ1) is 20.6. The lowest BCUT2D eigenvalue weighted by Crippen LogP contribution is -2.52. The number of hydrogen-bond acceptors (Lipinski definition) is 3. The number of nitrogens with zero attached hydrogens (tertiary/aromatic N) is 1. The van der Waals surface area contributed by atoms with Gasteiger partial charge in [-0.25, -0.2) is 0 Å². The molecule has 5 aliphatic rings. The molecule has 0 saturated heterocycles. The molecule has 0 heterocycles. The van der Waals surface area contributed by atoms with Gasteiger partial charge in [0.1, 0.15) is 0 Å². The Morgan fingerprint density at radius 2 is 1.80 bits per heavy atom. The zero-order chi connectivity index (χ0) is 20.9. The highest BCUT2D eigenvalue weighted by Crippen LogP contribution is 2.66. The van der Waals surface area contributed by atoms with Gasteiger partial charge in [-0.3, -0.25) is 4.79 Å². The van der Waals surface area contributed by atoms with E-state index in [4.69, 9.17) is 0 Å². The Balaban J connectivity index is 1.33. The van der Waals surface area contributed by atoms with Gasteiger partial charge in [-0.05, 0) is 98.9 Å². The Morgan fingerprint density at radius 1 is 1.00 bits per heavy atom. The standard InChI is InChI=1S/C26H40N2O2/c1-25-14-12-19(28-30)16-17(25)8-9-20-21-10-11-23(26(21,2)15-13-22(20)25)24(29)27-18-6-4-3-5-7-18/h16,18,20-23,30H,3-15H2,1-2H3,(H,27,29)/t20-,21-,22-,23+,25-,26-/m0/s1. The van der Waals surface area contributed by atoms with Gasteiger partial charge < -0.3 is 10.5 Å². The van der Waals surface area contributed by atoms with Crippen LogP contribution in [0.25, 0.3) is 0 Å². The van der Waals surface area contributed by atoms with E-state index in [1.165, 1.54) is 63.4 Å². The molecule has 30 heavy (non-hydrogen) atoms. The third-order valence-corrected chi connectivity index (χ3v) is 10.4. The summed E-state index contributed by atoms with van der Waals surface area (Å²) in [6.45, 7) is 4.94. The molecule has 166 valence electrons. The monoisotopic (exact) mass is 412 g/mol. The molecule has 0 radical (unpaired) electrons. The summed E-state index contributed by atoms with van der Waals surface area (Å²) in [7, 11) is 0. The molecular formula is C26H40N2O2. The first-order valence-corrected chi connectivity index (χ1v) is 12.7. The van der Waals surface area contributed by atoms with Gasteiger partial charge in [0.25, 0.3) is 0 Å². The van der Waals surface area contributed by atoms with Gasteiger partial charge in [-0.2, -0.15) is 0 Å². The second-order valence-electron chi connectivity index (χ2n) is 11.6. The van der Waals surface area contributed by atoms with Crippen molar-refractivity contribution in [3.05, 3.63) is 11.6 Å². The molecule has 1 amide bonds. The van der Waals surface area contributed by atoms with Crippen molar-refractivity contribution in [2.24, 2.45) is 39.7 Å². The van der Waals surface area contributed by atoms with E-state index in [1.54, 1.807) is 0 Å². The van der Waals surface area contributed by atoms with E-state index in [-0.39, 0.29) is 16.7 Å². The van der Waals surface area contributed by atoms with E-state index in [1.807, 2.05) is 0 Å². The number of allylic oxidation sites excluding steroid dienone is 2. The molecule has 4 nitrogen and oxygen atoms in total. The van der Waals surface area contributed by atoms with Crippen LogP contribution in [0.4, 0.5) is 0 Å². The molecule has 0 aromatic carbocycles. The van der Waals surface area contributed by atoms with Crippen LogP contribution in [-0.2, 0) is 4.79 Å². The molecule has 5 aliphatic carbocycles. The van der Waals surface area contributed by atoms with E-state index >= 15 is 0 Å². The lowest BCUT2D eigenvalue weighted by molar-refractivity contribution is -0.133. The van der Waals surface area contributed by atoms with Crippen molar-refractivity contribution in [1.82, 2.24) is 5.32 Å². The van der Waals surface area contributed by atoms with Gasteiger partial charge in [0.05, 0.1) is 5.71 Å². The molecule has 4 heteroatoms. The van der Waals surface area contributed by atoms with E-state index in [9.17, 15) is 10.0 Å². The summed E-state index contributed by atoms with van der Waals surface area (Å²) in [4.78, 5) is 13.3. The van der Waals surface area contributed by atoms with Gasteiger partial charge in [0, 0.05) is 12.0 Å². The normalized spacial score (nSPS) is 45.3. The number of carbonyl (C=O) groups excluding carboxylic acids is 1. The summed E-state index contributed by atoms with van der Waals surface area (Å²) in [6.07, 6.45) is 17.6. The Hall–Kier alpha value is -1.32. The number of rotatable bonds is 2. The first-order valence-electron chi connectivity index (χ1n) is 12.7. The summed E-state index contributed by atoms with van der Waals surface area (Å²) in [5.41, 5.74) is 2.84. The summed E-state index contributed by atoms with van der Waals surface area (Å²) < 4.78 is 0. The summed E-state index contributed by atoms with van der Waals surface area (Å²) >= 11 is 0. The fraction of sp³-hybridized carbons (Fsp3) is 0.846. The lowest BCUT2D eigenvalue weighted by Gasteiger charge is -2.58. The van der Waals surface area contributed by atoms with Crippen LogP contribution in [0.3, 0.4) is 0 Å². The van der Waals surface area contributed by atoms with Crippen LogP contribution in [0.5, 0.6) is 0 Å². The molecule has 0 aromatic rings. The summed E-state index contributed by atoms with van der Waals surface area (Å²) in [5.74, 6) is 2.77. The maximum Gasteiger partial charge on any atom is 0.223 e. The number of nitrogens with one attached hydrogen (secondary N) is 1. The Kier molecular flexibility index (Phi) is 5.26. The smallest absolute Gasteiger partial charge is 0.223 e. The van der Waals surface area contributed by atoms with Crippen LogP contribution in [0.1, 0.15) is 97.3 Å².